The molecule has 2 rings (SSSR count). The van der Waals surface area contributed by atoms with Gasteiger partial charge in [-0.15, -0.1) is 0 Å². The van der Waals surface area contributed by atoms with Crippen LogP contribution in [0.1, 0.15) is 19.2 Å². The fourth-order valence-electron chi connectivity index (χ4n) is 1.88. The second-order valence-corrected chi connectivity index (χ2v) is 3.89. The summed E-state index contributed by atoms with van der Waals surface area (Å²) in [5.41, 5.74) is 1.98. The molecule has 0 saturated carbocycles. The maximum atomic E-state index is 8.81. The van der Waals surface area contributed by atoms with Crippen molar-refractivity contribution in [3.05, 3.63) is 35.7 Å². The van der Waals surface area contributed by atoms with Gasteiger partial charge in [0.25, 0.3) is 0 Å². The van der Waals surface area contributed by atoms with Crippen molar-refractivity contribution in [1.82, 2.24) is 9.55 Å². The first-order valence-corrected chi connectivity index (χ1v) is 5.77. The Bertz CT molecular complexity index is 664. The lowest BCUT2D eigenvalue weighted by Gasteiger charge is -2.04. The number of nitriles is 2. The zero-order valence-electron chi connectivity index (χ0n) is 10.1. The molecular formula is C14H12N4. The number of benzene rings is 1. The van der Waals surface area contributed by atoms with Gasteiger partial charge in [-0.1, -0.05) is 19.1 Å². The van der Waals surface area contributed by atoms with Crippen molar-refractivity contribution in [2.45, 2.75) is 19.9 Å². The third kappa shape index (κ3) is 2.09. The second kappa shape index (κ2) is 5.16. The van der Waals surface area contributed by atoms with Crippen molar-refractivity contribution < 1.29 is 0 Å². The first-order chi connectivity index (χ1) is 8.80. The number of rotatable bonds is 3. The van der Waals surface area contributed by atoms with E-state index < -0.39 is 0 Å². The van der Waals surface area contributed by atoms with E-state index in [-0.39, 0.29) is 5.57 Å². The maximum absolute atomic E-state index is 8.81. The van der Waals surface area contributed by atoms with Gasteiger partial charge in [-0.25, -0.2) is 4.98 Å². The van der Waals surface area contributed by atoms with Gasteiger partial charge in [0.15, 0.2) is 0 Å². The molecule has 4 heteroatoms. The highest BCUT2D eigenvalue weighted by molar-refractivity contribution is 5.78. The van der Waals surface area contributed by atoms with E-state index in [4.69, 9.17) is 10.5 Å². The van der Waals surface area contributed by atoms with Gasteiger partial charge in [0.05, 0.1) is 11.0 Å². The molecular weight excluding hydrogens is 224 g/mol. The van der Waals surface area contributed by atoms with E-state index in [2.05, 4.69) is 11.9 Å². The van der Waals surface area contributed by atoms with E-state index >= 15 is 0 Å². The molecule has 0 unspecified atom stereocenters. The Labute approximate surface area is 105 Å². The highest BCUT2D eigenvalue weighted by atomic mass is 15.1. The third-order valence-electron chi connectivity index (χ3n) is 2.65. The normalized spacial score (nSPS) is 9.72. The molecule has 4 nitrogen and oxygen atoms in total. The summed E-state index contributed by atoms with van der Waals surface area (Å²) in [5.74, 6) is 0.663. The van der Waals surface area contributed by atoms with Crippen LogP contribution in [-0.2, 0) is 6.54 Å². The van der Waals surface area contributed by atoms with Crippen LogP contribution in [0.25, 0.3) is 17.1 Å². The molecule has 88 valence electrons. The monoisotopic (exact) mass is 236 g/mol. The molecule has 0 saturated heterocycles. The van der Waals surface area contributed by atoms with Gasteiger partial charge >= 0.3 is 0 Å². The fraction of sp³-hybridized carbons (Fsp3) is 0.214. The molecule has 1 aromatic heterocycles. The number of hydrogen-bond acceptors (Lipinski definition) is 3. The average molecular weight is 236 g/mol. The number of fused-ring (bicyclic) bond motifs is 1. The van der Waals surface area contributed by atoms with E-state index in [1.807, 2.05) is 41.0 Å². The summed E-state index contributed by atoms with van der Waals surface area (Å²) >= 11 is 0. The molecule has 0 fully saturated rings. The summed E-state index contributed by atoms with van der Waals surface area (Å²) in [7, 11) is 0. The van der Waals surface area contributed by atoms with Crippen LogP contribution in [0.15, 0.2) is 29.8 Å². The Hall–Kier alpha value is -2.59. The molecule has 0 N–H and O–H groups in total. The first kappa shape index (κ1) is 11.9. The van der Waals surface area contributed by atoms with Crippen molar-refractivity contribution in [3.8, 4) is 12.1 Å². The lowest BCUT2D eigenvalue weighted by molar-refractivity contribution is 0.691. The van der Waals surface area contributed by atoms with E-state index in [0.717, 1.165) is 24.0 Å². The van der Waals surface area contributed by atoms with Crippen LogP contribution in [0, 0.1) is 22.7 Å². The largest absolute Gasteiger partial charge is 0.324 e. The number of aryl methyl sites for hydroxylation is 1. The summed E-state index contributed by atoms with van der Waals surface area (Å²) in [6.45, 7) is 2.90. The van der Waals surface area contributed by atoms with E-state index in [1.165, 1.54) is 6.08 Å². The van der Waals surface area contributed by atoms with Gasteiger partial charge in [-0.2, -0.15) is 10.5 Å². The van der Waals surface area contributed by atoms with Crippen LogP contribution < -0.4 is 0 Å². The Morgan fingerprint density at radius 3 is 2.72 bits per heavy atom. The van der Waals surface area contributed by atoms with Crippen molar-refractivity contribution in [3.63, 3.8) is 0 Å². The molecule has 0 atom stereocenters. The van der Waals surface area contributed by atoms with Crippen molar-refractivity contribution in [2.24, 2.45) is 0 Å². The Morgan fingerprint density at radius 2 is 2.06 bits per heavy atom. The summed E-state index contributed by atoms with van der Waals surface area (Å²) < 4.78 is 2.03. The molecule has 0 radical (unpaired) electrons. The van der Waals surface area contributed by atoms with E-state index in [9.17, 15) is 0 Å². The molecule has 1 heterocycles. The third-order valence-corrected chi connectivity index (χ3v) is 2.65. The lowest BCUT2D eigenvalue weighted by atomic mass is 10.3. The molecule has 0 aliphatic carbocycles. The highest BCUT2D eigenvalue weighted by Crippen LogP contribution is 2.18. The standard InChI is InChI=1S/C14H12N4/c1-2-7-18-13-6-4-3-5-12(13)17-14(18)8-11(9-15)10-16/h3-6,8H,2,7H2,1H3. The minimum atomic E-state index is 0.0719. The number of imidazole rings is 1. The molecule has 0 amide bonds. The zero-order chi connectivity index (χ0) is 13.0. The van der Waals surface area contributed by atoms with Crippen molar-refractivity contribution in [1.29, 1.82) is 10.5 Å². The van der Waals surface area contributed by atoms with Crippen molar-refractivity contribution in [2.75, 3.05) is 0 Å². The number of para-hydroxylation sites is 2. The molecule has 0 bridgehead atoms. The topological polar surface area (TPSA) is 65.4 Å². The van der Waals surface area contributed by atoms with Crippen LogP contribution >= 0.6 is 0 Å². The predicted octanol–water partition coefficient (Wildman–Crippen LogP) is 2.88. The highest BCUT2D eigenvalue weighted by Gasteiger charge is 2.08. The molecule has 0 aliphatic rings. The Kier molecular flexibility index (Phi) is 3.41. The second-order valence-electron chi connectivity index (χ2n) is 3.89. The van der Waals surface area contributed by atoms with Crippen LogP contribution in [0.3, 0.4) is 0 Å². The molecule has 18 heavy (non-hydrogen) atoms. The molecule has 0 spiro atoms. The van der Waals surface area contributed by atoms with Crippen LogP contribution in [0.2, 0.25) is 0 Å². The molecule has 2 aromatic rings. The summed E-state index contributed by atoms with van der Waals surface area (Å²) in [6.07, 6.45) is 2.51. The van der Waals surface area contributed by atoms with Crippen LogP contribution in [-0.4, -0.2) is 9.55 Å². The average Bonchev–Trinajstić information content (AvgIpc) is 2.75. The van der Waals surface area contributed by atoms with Gasteiger partial charge < -0.3 is 4.57 Å². The minimum absolute atomic E-state index is 0.0719. The molecule has 0 aliphatic heterocycles. The SMILES string of the molecule is CCCn1c(C=C(C#N)C#N)nc2ccccc21. The summed E-state index contributed by atoms with van der Waals surface area (Å²) in [5, 5.41) is 17.6. The number of nitrogens with zero attached hydrogens (tertiary/aromatic N) is 4. The Balaban J connectivity index is 2.64. The predicted molar refractivity (Wildman–Crippen MR) is 69.2 cm³/mol. The maximum Gasteiger partial charge on any atom is 0.135 e. The fourth-order valence-corrected chi connectivity index (χ4v) is 1.88. The minimum Gasteiger partial charge on any atom is -0.324 e. The number of aromatic nitrogens is 2. The summed E-state index contributed by atoms with van der Waals surface area (Å²) in [4.78, 5) is 4.45. The Morgan fingerprint density at radius 1 is 1.33 bits per heavy atom. The lowest BCUT2D eigenvalue weighted by Crippen LogP contribution is -1.99. The first-order valence-electron chi connectivity index (χ1n) is 5.77. The van der Waals surface area contributed by atoms with Gasteiger partial charge in [-0.3, -0.25) is 0 Å². The van der Waals surface area contributed by atoms with Gasteiger partial charge in [-0.05, 0) is 18.6 Å². The smallest absolute Gasteiger partial charge is 0.135 e. The van der Waals surface area contributed by atoms with Gasteiger partial charge in [0.1, 0.15) is 23.5 Å². The quantitative estimate of drug-likeness (QED) is 0.769. The zero-order valence-corrected chi connectivity index (χ0v) is 10.1. The van der Waals surface area contributed by atoms with Crippen molar-refractivity contribution >= 4 is 17.1 Å². The number of allylic oxidation sites excluding steroid dienone is 1. The summed E-state index contributed by atoms with van der Waals surface area (Å²) in [6, 6.07) is 11.5. The van der Waals surface area contributed by atoms with Crippen LogP contribution in [0.5, 0.6) is 0 Å². The molecule has 1 aromatic carbocycles. The van der Waals surface area contributed by atoms with Gasteiger partial charge in [0.2, 0.25) is 0 Å². The van der Waals surface area contributed by atoms with E-state index in [0.29, 0.717) is 5.82 Å². The van der Waals surface area contributed by atoms with Crippen LogP contribution in [0.4, 0.5) is 0 Å². The van der Waals surface area contributed by atoms with E-state index in [1.54, 1.807) is 0 Å². The van der Waals surface area contributed by atoms with Gasteiger partial charge in [0, 0.05) is 12.6 Å². The number of hydrogen-bond donors (Lipinski definition) is 0.